The lowest BCUT2D eigenvalue weighted by Gasteiger charge is -2.34. The molecule has 106 valence electrons. The van der Waals surface area contributed by atoms with Crippen LogP contribution in [0.4, 0.5) is 23.2 Å². The van der Waals surface area contributed by atoms with E-state index in [1.165, 1.54) is 12.1 Å². The summed E-state index contributed by atoms with van der Waals surface area (Å²) in [6.45, 7) is 0. The Labute approximate surface area is 113 Å². The molecule has 0 bridgehead atoms. The third kappa shape index (κ3) is 3.53. The normalized spacial score (nSPS) is 24.3. The number of rotatable bonds is 2. The van der Waals surface area contributed by atoms with Crippen LogP contribution in [-0.4, -0.2) is 12.2 Å². The maximum atomic E-state index is 13.3. The fourth-order valence-corrected chi connectivity index (χ4v) is 2.61. The van der Waals surface area contributed by atoms with Crippen LogP contribution in [0.15, 0.2) is 18.2 Å². The van der Waals surface area contributed by atoms with Crippen molar-refractivity contribution in [3.63, 3.8) is 0 Å². The van der Waals surface area contributed by atoms with Gasteiger partial charge in [-0.05, 0) is 31.0 Å². The molecule has 0 aliphatic heterocycles. The zero-order chi connectivity index (χ0) is 14.0. The third-order valence-corrected chi connectivity index (χ3v) is 3.76. The first-order valence-electron chi connectivity index (χ1n) is 6.16. The number of benzene rings is 1. The molecule has 2 atom stereocenters. The summed E-state index contributed by atoms with van der Waals surface area (Å²) in [5.74, 6) is -2.01. The number of halogens is 5. The van der Waals surface area contributed by atoms with E-state index in [-0.39, 0.29) is 11.4 Å². The van der Waals surface area contributed by atoms with E-state index < -0.39 is 24.0 Å². The van der Waals surface area contributed by atoms with E-state index in [4.69, 9.17) is 11.6 Å². The molecule has 1 saturated carbocycles. The van der Waals surface area contributed by atoms with Crippen molar-refractivity contribution >= 4 is 17.3 Å². The van der Waals surface area contributed by atoms with Gasteiger partial charge in [0.2, 0.25) is 0 Å². The Hall–Kier alpha value is -0.970. The zero-order valence-corrected chi connectivity index (χ0v) is 10.9. The molecule has 6 heteroatoms. The average Bonchev–Trinajstić information content (AvgIpc) is 2.33. The smallest absolute Gasteiger partial charge is 0.382 e. The van der Waals surface area contributed by atoms with Gasteiger partial charge in [0.25, 0.3) is 0 Å². The van der Waals surface area contributed by atoms with E-state index in [1.807, 2.05) is 0 Å². The van der Waals surface area contributed by atoms with Gasteiger partial charge in [-0.2, -0.15) is 13.2 Å². The van der Waals surface area contributed by atoms with E-state index in [1.54, 1.807) is 0 Å². The molecule has 0 spiro atoms. The van der Waals surface area contributed by atoms with Crippen LogP contribution >= 0.6 is 11.6 Å². The molecule has 0 heterocycles. The third-order valence-electron chi connectivity index (χ3n) is 3.46. The molecule has 1 nitrogen and oxygen atoms in total. The highest BCUT2D eigenvalue weighted by Crippen LogP contribution is 2.39. The quantitative estimate of drug-likeness (QED) is 0.756. The molecular formula is C13H14ClF4N. The largest absolute Gasteiger partial charge is 0.393 e. The van der Waals surface area contributed by atoms with Crippen molar-refractivity contribution in [2.45, 2.75) is 37.9 Å². The Morgan fingerprint density at radius 3 is 2.47 bits per heavy atom. The monoisotopic (exact) mass is 295 g/mol. The predicted molar refractivity (Wildman–Crippen MR) is 66.8 cm³/mol. The highest BCUT2D eigenvalue weighted by atomic mass is 35.5. The standard InChI is InChI=1S/C13H14ClF4N/c14-10-6-5-8(7-11(10)15)19-12-4-2-1-3-9(12)13(16,17)18/h5-7,9,12,19H,1-4H2. The number of nitrogens with one attached hydrogen (secondary N) is 1. The first kappa shape index (κ1) is 14.4. The molecular weight excluding hydrogens is 282 g/mol. The minimum Gasteiger partial charge on any atom is -0.382 e. The van der Waals surface area contributed by atoms with Gasteiger partial charge in [0.1, 0.15) is 5.82 Å². The first-order chi connectivity index (χ1) is 8.88. The Kier molecular flexibility index (Phi) is 4.23. The van der Waals surface area contributed by atoms with Crippen LogP contribution in [-0.2, 0) is 0 Å². The van der Waals surface area contributed by atoms with Crippen LogP contribution in [0.2, 0.25) is 5.02 Å². The van der Waals surface area contributed by atoms with Crippen molar-refractivity contribution in [2.75, 3.05) is 5.32 Å². The lowest BCUT2D eigenvalue weighted by atomic mass is 9.84. The summed E-state index contributed by atoms with van der Waals surface area (Å²) in [6, 6.07) is 3.26. The van der Waals surface area contributed by atoms with Gasteiger partial charge in [-0.25, -0.2) is 4.39 Å². The van der Waals surface area contributed by atoms with Gasteiger partial charge in [0.15, 0.2) is 0 Å². The Bertz CT molecular complexity index is 447. The molecule has 1 aromatic rings. The number of alkyl halides is 3. The minimum absolute atomic E-state index is 0.0402. The molecule has 0 saturated heterocycles. The molecule has 1 aromatic carbocycles. The van der Waals surface area contributed by atoms with Crippen LogP contribution in [0.3, 0.4) is 0 Å². The van der Waals surface area contributed by atoms with Crippen LogP contribution in [0.1, 0.15) is 25.7 Å². The number of hydrogen-bond donors (Lipinski definition) is 1. The van der Waals surface area contributed by atoms with Crippen molar-refractivity contribution in [3.8, 4) is 0 Å². The molecule has 0 radical (unpaired) electrons. The average molecular weight is 296 g/mol. The second-order valence-corrected chi connectivity index (χ2v) is 5.22. The second kappa shape index (κ2) is 5.57. The van der Waals surface area contributed by atoms with Gasteiger partial charge < -0.3 is 5.32 Å². The maximum Gasteiger partial charge on any atom is 0.393 e. The molecule has 0 aromatic heterocycles. The van der Waals surface area contributed by atoms with E-state index in [9.17, 15) is 17.6 Å². The Morgan fingerprint density at radius 2 is 1.84 bits per heavy atom. The molecule has 2 rings (SSSR count). The van der Waals surface area contributed by atoms with E-state index in [0.29, 0.717) is 18.5 Å². The molecule has 2 unspecified atom stereocenters. The summed E-state index contributed by atoms with van der Waals surface area (Å²) >= 11 is 5.54. The van der Waals surface area contributed by atoms with Crippen molar-refractivity contribution in [1.29, 1.82) is 0 Å². The molecule has 1 N–H and O–H groups in total. The summed E-state index contributed by atoms with van der Waals surface area (Å²) in [4.78, 5) is 0. The lowest BCUT2D eigenvalue weighted by molar-refractivity contribution is -0.184. The number of hydrogen-bond acceptors (Lipinski definition) is 1. The Morgan fingerprint density at radius 1 is 1.16 bits per heavy atom. The van der Waals surface area contributed by atoms with Gasteiger partial charge in [-0.15, -0.1) is 0 Å². The van der Waals surface area contributed by atoms with Crippen molar-refractivity contribution in [2.24, 2.45) is 5.92 Å². The minimum atomic E-state index is -4.22. The van der Waals surface area contributed by atoms with Gasteiger partial charge in [-0.3, -0.25) is 0 Å². The molecule has 19 heavy (non-hydrogen) atoms. The molecule has 1 fully saturated rings. The summed E-state index contributed by atoms with van der Waals surface area (Å²) in [6.07, 6.45) is -2.33. The highest BCUT2D eigenvalue weighted by Gasteiger charge is 2.45. The summed E-state index contributed by atoms with van der Waals surface area (Å²) in [5.41, 5.74) is 0.336. The Balaban J connectivity index is 2.13. The zero-order valence-electron chi connectivity index (χ0n) is 10.1. The fourth-order valence-electron chi connectivity index (χ4n) is 2.50. The first-order valence-corrected chi connectivity index (χ1v) is 6.54. The summed E-state index contributed by atoms with van der Waals surface area (Å²) < 4.78 is 52.0. The van der Waals surface area contributed by atoms with Crippen LogP contribution < -0.4 is 5.32 Å². The van der Waals surface area contributed by atoms with Gasteiger partial charge in [-0.1, -0.05) is 24.4 Å². The van der Waals surface area contributed by atoms with E-state index >= 15 is 0 Å². The highest BCUT2D eigenvalue weighted by molar-refractivity contribution is 6.30. The van der Waals surface area contributed by atoms with Gasteiger partial charge in [0, 0.05) is 11.7 Å². The van der Waals surface area contributed by atoms with E-state index in [0.717, 1.165) is 12.5 Å². The van der Waals surface area contributed by atoms with Crippen molar-refractivity contribution in [1.82, 2.24) is 0 Å². The second-order valence-electron chi connectivity index (χ2n) is 4.81. The SMILES string of the molecule is Fc1cc(NC2CCCCC2C(F)(F)F)ccc1Cl. The van der Waals surface area contributed by atoms with Gasteiger partial charge >= 0.3 is 6.18 Å². The fraction of sp³-hybridized carbons (Fsp3) is 0.538. The topological polar surface area (TPSA) is 12.0 Å². The van der Waals surface area contributed by atoms with Crippen LogP contribution in [0.5, 0.6) is 0 Å². The summed E-state index contributed by atoms with van der Waals surface area (Å²) in [7, 11) is 0. The maximum absolute atomic E-state index is 13.3. The predicted octanol–water partition coefficient (Wildman–Crippen LogP) is 5.01. The number of anilines is 1. The van der Waals surface area contributed by atoms with E-state index in [2.05, 4.69) is 5.32 Å². The lowest BCUT2D eigenvalue weighted by Crippen LogP contribution is -2.41. The molecule has 1 aliphatic carbocycles. The van der Waals surface area contributed by atoms with Crippen molar-refractivity contribution < 1.29 is 17.6 Å². The van der Waals surface area contributed by atoms with Crippen molar-refractivity contribution in [3.05, 3.63) is 29.0 Å². The molecule has 0 amide bonds. The van der Waals surface area contributed by atoms with Crippen LogP contribution in [0.25, 0.3) is 0 Å². The van der Waals surface area contributed by atoms with Crippen LogP contribution in [0, 0.1) is 11.7 Å². The molecule has 1 aliphatic rings. The van der Waals surface area contributed by atoms with Gasteiger partial charge in [0.05, 0.1) is 10.9 Å². The summed E-state index contributed by atoms with van der Waals surface area (Å²) in [5, 5.41) is 2.75.